The molecule has 236 valence electrons. The molecule has 1 heterocycles. The molecular formula is C49H35N. The van der Waals surface area contributed by atoms with Gasteiger partial charge >= 0.3 is 0 Å². The summed E-state index contributed by atoms with van der Waals surface area (Å²) in [5.41, 5.74) is 13.4. The molecule has 1 heteroatoms. The molecule has 0 aliphatic rings. The summed E-state index contributed by atoms with van der Waals surface area (Å²) in [5.74, 6) is 0.0946. The van der Waals surface area contributed by atoms with E-state index < -0.39 is 0 Å². The minimum atomic E-state index is 0.0946. The molecule has 0 amide bonds. The predicted molar refractivity (Wildman–Crippen MR) is 213 cm³/mol. The first-order chi connectivity index (χ1) is 24.7. The molecule has 8 aromatic carbocycles. The number of fused-ring (bicyclic) bond motifs is 4. The number of nitrogens with zero attached hydrogens (tertiary/aromatic N) is 1. The molecule has 0 bridgehead atoms. The Bertz CT molecular complexity index is 2620. The van der Waals surface area contributed by atoms with E-state index in [-0.39, 0.29) is 5.92 Å². The van der Waals surface area contributed by atoms with E-state index in [4.69, 9.17) is 0 Å². The van der Waals surface area contributed by atoms with Crippen LogP contribution >= 0.6 is 0 Å². The number of hydrogen-bond donors (Lipinski definition) is 0. The van der Waals surface area contributed by atoms with Crippen LogP contribution in [-0.2, 0) is 0 Å². The zero-order chi connectivity index (χ0) is 33.4. The fourth-order valence-corrected chi connectivity index (χ4v) is 7.52. The van der Waals surface area contributed by atoms with Crippen LogP contribution in [0.4, 0.5) is 0 Å². The molecule has 0 radical (unpaired) electrons. The molecule has 1 atom stereocenters. The van der Waals surface area contributed by atoms with E-state index in [0.29, 0.717) is 0 Å². The van der Waals surface area contributed by atoms with Crippen molar-refractivity contribution >= 4 is 38.7 Å². The van der Waals surface area contributed by atoms with Gasteiger partial charge in [0.05, 0.1) is 11.0 Å². The van der Waals surface area contributed by atoms with Crippen molar-refractivity contribution in [2.75, 3.05) is 0 Å². The Labute approximate surface area is 293 Å². The van der Waals surface area contributed by atoms with E-state index in [0.717, 1.165) is 5.56 Å². The summed E-state index contributed by atoms with van der Waals surface area (Å²) in [6, 6.07) is 68.6. The fraction of sp³-hybridized carbons (Fsp3) is 0.0204. The molecule has 1 aromatic heterocycles. The Hall–Kier alpha value is -6.44. The minimum absolute atomic E-state index is 0.0946. The van der Waals surface area contributed by atoms with Gasteiger partial charge in [0.15, 0.2) is 0 Å². The van der Waals surface area contributed by atoms with Gasteiger partial charge in [-0.15, -0.1) is 0 Å². The third-order valence-corrected chi connectivity index (χ3v) is 10.1. The summed E-state index contributed by atoms with van der Waals surface area (Å²) < 4.78 is 2.37. The maximum absolute atomic E-state index is 3.90. The van der Waals surface area contributed by atoms with Crippen molar-refractivity contribution in [1.82, 2.24) is 4.57 Å². The number of para-hydroxylation sites is 2. The lowest BCUT2D eigenvalue weighted by Gasteiger charge is -2.20. The lowest BCUT2D eigenvalue weighted by molar-refractivity contribution is 0.981. The monoisotopic (exact) mass is 637 g/mol. The number of benzene rings is 8. The molecule has 1 nitrogen and oxygen atoms in total. The van der Waals surface area contributed by atoms with Crippen LogP contribution in [0.5, 0.6) is 0 Å². The van der Waals surface area contributed by atoms with Crippen LogP contribution < -0.4 is 0 Å². The molecule has 0 saturated heterocycles. The molecule has 50 heavy (non-hydrogen) atoms. The van der Waals surface area contributed by atoms with E-state index in [9.17, 15) is 0 Å². The lowest BCUT2D eigenvalue weighted by Crippen LogP contribution is -2.03. The third kappa shape index (κ3) is 5.30. The highest BCUT2D eigenvalue weighted by Crippen LogP contribution is 2.38. The van der Waals surface area contributed by atoms with Crippen molar-refractivity contribution in [3.8, 4) is 27.9 Å². The molecular weight excluding hydrogens is 603 g/mol. The van der Waals surface area contributed by atoms with E-state index in [1.807, 2.05) is 6.08 Å². The van der Waals surface area contributed by atoms with Crippen molar-refractivity contribution in [2.24, 2.45) is 0 Å². The highest BCUT2D eigenvalue weighted by Gasteiger charge is 2.19. The molecule has 9 rings (SSSR count). The topological polar surface area (TPSA) is 4.93 Å². The first-order valence-corrected chi connectivity index (χ1v) is 17.2. The van der Waals surface area contributed by atoms with Gasteiger partial charge in [-0.25, -0.2) is 0 Å². The Balaban J connectivity index is 1.11. The second kappa shape index (κ2) is 12.5. The third-order valence-electron chi connectivity index (χ3n) is 10.1. The van der Waals surface area contributed by atoms with Crippen LogP contribution in [0.3, 0.4) is 0 Å². The summed E-state index contributed by atoms with van der Waals surface area (Å²) >= 11 is 0. The highest BCUT2D eigenvalue weighted by atomic mass is 15.0. The summed E-state index contributed by atoms with van der Waals surface area (Å²) in [7, 11) is 0. The molecule has 0 fully saturated rings. The molecule has 0 spiro atoms. The van der Waals surface area contributed by atoms with Crippen molar-refractivity contribution in [3.63, 3.8) is 0 Å². The van der Waals surface area contributed by atoms with E-state index >= 15 is 0 Å². The number of hydrogen-bond acceptors (Lipinski definition) is 0. The van der Waals surface area contributed by atoms with E-state index in [2.05, 4.69) is 199 Å². The molecule has 0 aliphatic heterocycles. The zero-order valence-electron chi connectivity index (χ0n) is 27.7. The summed E-state index contributed by atoms with van der Waals surface area (Å²) in [6.07, 6.45) is 1.88. The SMILES string of the molecule is C=Cc1ccc(-c2ccc(C(c3ccc(-c4ccc5c(c4)c4ccccc4n5-c4ccccc4)cc3)c3ccc4ccccc4c3)cc2)cc1. The summed E-state index contributed by atoms with van der Waals surface area (Å²) in [5, 5.41) is 5.04. The summed E-state index contributed by atoms with van der Waals surface area (Å²) in [4.78, 5) is 0. The van der Waals surface area contributed by atoms with Gasteiger partial charge in [-0.05, 0) is 85.6 Å². The van der Waals surface area contributed by atoms with Crippen LogP contribution in [0.25, 0.3) is 66.6 Å². The van der Waals surface area contributed by atoms with E-state index in [1.54, 1.807) is 0 Å². The average Bonchev–Trinajstić information content (AvgIpc) is 3.52. The van der Waals surface area contributed by atoms with Crippen LogP contribution in [0, 0.1) is 0 Å². The second-order valence-electron chi connectivity index (χ2n) is 13.0. The first-order valence-electron chi connectivity index (χ1n) is 17.2. The van der Waals surface area contributed by atoms with Gasteiger partial charge in [0.2, 0.25) is 0 Å². The second-order valence-corrected chi connectivity index (χ2v) is 13.0. The average molecular weight is 638 g/mol. The summed E-state index contributed by atoms with van der Waals surface area (Å²) in [6.45, 7) is 3.90. The van der Waals surface area contributed by atoms with Crippen LogP contribution in [-0.4, -0.2) is 4.57 Å². The smallest absolute Gasteiger partial charge is 0.0541 e. The predicted octanol–water partition coefficient (Wildman–Crippen LogP) is 13.1. The van der Waals surface area contributed by atoms with E-state index in [1.165, 1.54) is 77.2 Å². The van der Waals surface area contributed by atoms with Crippen LogP contribution in [0.15, 0.2) is 195 Å². The van der Waals surface area contributed by atoms with Crippen molar-refractivity contribution in [1.29, 1.82) is 0 Å². The van der Waals surface area contributed by atoms with Gasteiger partial charge in [-0.1, -0.05) is 170 Å². The first kappa shape index (κ1) is 29.7. The quantitative estimate of drug-likeness (QED) is 0.153. The van der Waals surface area contributed by atoms with Gasteiger partial charge < -0.3 is 4.57 Å². The molecule has 0 N–H and O–H groups in total. The fourth-order valence-electron chi connectivity index (χ4n) is 7.52. The van der Waals surface area contributed by atoms with Crippen molar-refractivity contribution in [3.05, 3.63) is 217 Å². The van der Waals surface area contributed by atoms with Gasteiger partial charge in [-0.3, -0.25) is 0 Å². The Kier molecular flexibility index (Phi) is 7.44. The van der Waals surface area contributed by atoms with Crippen molar-refractivity contribution < 1.29 is 0 Å². The molecule has 1 unspecified atom stereocenters. The van der Waals surface area contributed by atoms with Crippen LogP contribution in [0.2, 0.25) is 0 Å². The van der Waals surface area contributed by atoms with Gasteiger partial charge in [0, 0.05) is 22.4 Å². The normalized spacial score (nSPS) is 12.0. The Morgan fingerprint density at radius 2 is 0.940 bits per heavy atom. The zero-order valence-corrected chi connectivity index (χ0v) is 27.7. The maximum Gasteiger partial charge on any atom is 0.0541 e. The Morgan fingerprint density at radius 3 is 1.64 bits per heavy atom. The van der Waals surface area contributed by atoms with Crippen molar-refractivity contribution in [2.45, 2.75) is 5.92 Å². The Morgan fingerprint density at radius 1 is 0.400 bits per heavy atom. The number of rotatable bonds is 7. The number of aromatic nitrogens is 1. The minimum Gasteiger partial charge on any atom is -0.309 e. The molecule has 9 aromatic rings. The maximum atomic E-state index is 3.90. The lowest BCUT2D eigenvalue weighted by atomic mass is 9.83. The standard InChI is InChI=1S/C49H35N/c1-2-34-16-18-36(19-17-34)37-20-25-39(26-21-37)49(43-29-24-35-10-6-7-11-41(35)32-43)40-27-22-38(23-28-40)42-30-31-48-46(33-42)45-14-8-9-15-47(45)50(48)44-12-4-3-5-13-44/h2-33,49H,1H2. The van der Waals surface area contributed by atoms with Gasteiger partial charge in [0.1, 0.15) is 0 Å². The molecule has 0 saturated carbocycles. The molecule has 0 aliphatic carbocycles. The van der Waals surface area contributed by atoms with Crippen LogP contribution in [0.1, 0.15) is 28.2 Å². The highest BCUT2D eigenvalue weighted by molar-refractivity contribution is 6.10. The largest absolute Gasteiger partial charge is 0.309 e. The van der Waals surface area contributed by atoms with Gasteiger partial charge in [0.25, 0.3) is 0 Å². The van der Waals surface area contributed by atoms with Gasteiger partial charge in [-0.2, -0.15) is 0 Å².